The van der Waals surface area contributed by atoms with Crippen molar-refractivity contribution in [2.45, 2.75) is 27.0 Å². The van der Waals surface area contributed by atoms with E-state index >= 15 is 0 Å². The van der Waals surface area contributed by atoms with Crippen molar-refractivity contribution in [2.24, 2.45) is 5.73 Å². The highest BCUT2D eigenvalue weighted by molar-refractivity contribution is 6.32. The van der Waals surface area contributed by atoms with Crippen molar-refractivity contribution in [1.29, 1.82) is 0 Å². The predicted molar refractivity (Wildman–Crippen MR) is 83.9 cm³/mol. The molecule has 0 radical (unpaired) electrons. The molecule has 2 N–H and O–H groups in total. The highest BCUT2D eigenvalue weighted by Gasteiger charge is 2.11. The molecule has 0 amide bonds. The minimum atomic E-state index is 0.337. The van der Waals surface area contributed by atoms with E-state index < -0.39 is 0 Å². The topological polar surface area (TPSA) is 57.4 Å². The number of hydrogen-bond donors (Lipinski definition) is 1. The fourth-order valence-electron chi connectivity index (χ4n) is 2.15. The summed E-state index contributed by atoms with van der Waals surface area (Å²) in [6.45, 7) is 4.72. The SMILES string of the molecule is COc1c(C)cnc(COc2ccc(CN)cc2Cl)c1C. The predicted octanol–water partition coefficient (Wildman–Crippen LogP) is 3.40. The second-order valence-corrected chi connectivity index (χ2v) is 5.21. The number of hydrogen-bond acceptors (Lipinski definition) is 4. The van der Waals surface area contributed by atoms with Crippen LogP contribution in [0.15, 0.2) is 24.4 Å². The first kappa shape index (κ1) is 15.6. The van der Waals surface area contributed by atoms with Crippen molar-refractivity contribution >= 4 is 11.6 Å². The minimum absolute atomic E-state index is 0.337. The van der Waals surface area contributed by atoms with Crippen molar-refractivity contribution < 1.29 is 9.47 Å². The van der Waals surface area contributed by atoms with Crippen LogP contribution in [0.1, 0.15) is 22.4 Å². The van der Waals surface area contributed by atoms with Gasteiger partial charge in [0.15, 0.2) is 0 Å². The van der Waals surface area contributed by atoms with E-state index in [9.17, 15) is 0 Å². The largest absolute Gasteiger partial charge is 0.496 e. The Hall–Kier alpha value is -1.78. The van der Waals surface area contributed by atoms with Crippen LogP contribution >= 0.6 is 11.6 Å². The Kier molecular flexibility index (Phi) is 5.04. The van der Waals surface area contributed by atoms with Crippen LogP contribution in [-0.2, 0) is 13.2 Å². The molecule has 0 aliphatic heterocycles. The van der Waals surface area contributed by atoms with Gasteiger partial charge in [-0.25, -0.2) is 0 Å². The molecule has 5 heteroatoms. The molecular weight excluding hydrogens is 288 g/mol. The maximum atomic E-state index is 6.17. The molecule has 4 nitrogen and oxygen atoms in total. The fourth-order valence-corrected chi connectivity index (χ4v) is 2.41. The molecule has 0 aliphatic carbocycles. The summed E-state index contributed by atoms with van der Waals surface area (Å²) >= 11 is 6.17. The summed E-state index contributed by atoms with van der Waals surface area (Å²) in [6, 6.07) is 5.54. The molecular formula is C16H19ClN2O2. The van der Waals surface area contributed by atoms with E-state index in [0.29, 0.717) is 23.9 Å². The van der Waals surface area contributed by atoms with Gasteiger partial charge in [0.1, 0.15) is 18.1 Å². The average Bonchev–Trinajstić information content (AvgIpc) is 2.48. The third kappa shape index (κ3) is 3.46. The van der Waals surface area contributed by atoms with Crippen LogP contribution in [0.25, 0.3) is 0 Å². The van der Waals surface area contributed by atoms with Crippen LogP contribution in [0.4, 0.5) is 0 Å². The Morgan fingerprint density at radius 2 is 2.05 bits per heavy atom. The molecule has 0 fully saturated rings. The van der Waals surface area contributed by atoms with Crippen molar-refractivity contribution in [2.75, 3.05) is 7.11 Å². The fraction of sp³-hybridized carbons (Fsp3) is 0.312. The first-order valence-corrected chi connectivity index (χ1v) is 7.05. The molecule has 1 aromatic carbocycles. The maximum absolute atomic E-state index is 6.17. The number of rotatable bonds is 5. The van der Waals surface area contributed by atoms with Crippen LogP contribution in [-0.4, -0.2) is 12.1 Å². The zero-order valence-corrected chi connectivity index (χ0v) is 13.2. The number of nitrogens with zero attached hydrogens (tertiary/aromatic N) is 1. The molecule has 0 bridgehead atoms. The lowest BCUT2D eigenvalue weighted by Crippen LogP contribution is -2.04. The third-order valence-corrected chi connectivity index (χ3v) is 3.64. The second-order valence-electron chi connectivity index (χ2n) is 4.80. The Morgan fingerprint density at radius 3 is 2.67 bits per heavy atom. The van der Waals surface area contributed by atoms with Gasteiger partial charge in [-0.3, -0.25) is 4.98 Å². The van der Waals surface area contributed by atoms with E-state index in [1.807, 2.05) is 32.0 Å². The highest BCUT2D eigenvalue weighted by Crippen LogP contribution is 2.28. The van der Waals surface area contributed by atoms with Crippen molar-refractivity contribution in [3.63, 3.8) is 0 Å². The van der Waals surface area contributed by atoms with Gasteiger partial charge in [0, 0.05) is 23.9 Å². The first-order chi connectivity index (χ1) is 10.1. The van der Waals surface area contributed by atoms with Crippen LogP contribution in [0.2, 0.25) is 5.02 Å². The van der Waals surface area contributed by atoms with E-state index in [0.717, 1.165) is 28.1 Å². The maximum Gasteiger partial charge on any atom is 0.138 e. The van der Waals surface area contributed by atoms with Gasteiger partial charge in [-0.2, -0.15) is 0 Å². The van der Waals surface area contributed by atoms with E-state index in [1.54, 1.807) is 13.3 Å². The van der Waals surface area contributed by atoms with Gasteiger partial charge in [-0.1, -0.05) is 17.7 Å². The number of pyridine rings is 1. The van der Waals surface area contributed by atoms with Gasteiger partial charge in [-0.05, 0) is 31.5 Å². The smallest absolute Gasteiger partial charge is 0.138 e. The van der Waals surface area contributed by atoms with Crippen molar-refractivity contribution in [3.05, 3.63) is 51.8 Å². The van der Waals surface area contributed by atoms with Crippen molar-refractivity contribution in [3.8, 4) is 11.5 Å². The average molecular weight is 307 g/mol. The summed E-state index contributed by atoms with van der Waals surface area (Å²) in [7, 11) is 1.66. The van der Waals surface area contributed by atoms with Gasteiger partial charge < -0.3 is 15.2 Å². The van der Waals surface area contributed by atoms with Crippen LogP contribution in [0, 0.1) is 13.8 Å². The lowest BCUT2D eigenvalue weighted by Gasteiger charge is -2.13. The van der Waals surface area contributed by atoms with Gasteiger partial charge in [-0.15, -0.1) is 0 Å². The molecule has 0 atom stereocenters. The number of halogens is 1. The summed E-state index contributed by atoms with van der Waals surface area (Å²) < 4.78 is 11.1. The molecule has 2 aromatic rings. The molecule has 0 saturated carbocycles. The Morgan fingerprint density at radius 1 is 1.29 bits per heavy atom. The number of methoxy groups -OCH3 is 1. The summed E-state index contributed by atoms with van der Waals surface area (Å²) in [5.41, 5.74) is 9.36. The molecule has 0 unspecified atom stereocenters. The van der Waals surface area contributed by atoms with Gasteiger partial charge in [0.05, 0.1) is 17.8 Å². The number of ether oxygens (including phenoxy) is 2. The molecule has 2 rings (SSSR count). The Bertz CT molecular complexity index is 644. The zero-order valence-electron chi connectivity index (χ0n) is 12.4. The Balaban J connectivity index is 2.17. The summed E-state index contributed by atoms with van der Waals surface area (Å²) in [5.74, 6) is 1.46. The number of benzene rings is 1. The quantitative estimate of drug-likeness (QED) is 0.920. The normalized spacial score (nSPS) is 10.5. The molecule has 1 aromatic heterocycles. The highest BCUT2D eigenvalue weighted by atomic mass is 35.5. The van der Waals surface area contributed by atoms with Crippen LogP contribution in [0.3, 0.4) is 0 Å². The third-order valence-electron chi connectivity index (χ3n) is 3.35. The summed E-state index contributed by atoms with van der Waals surface area (Å²) in [4.78, 5) is 4.40. The van der Waals surface area contributed by atoms with Gasteiger partial charge in [0.2, 0.25) is 0 Å². The molecule has 0 aliphatic rings. The molecule has 0 saturated heterocycles. The van der Waals surface area contributed by atoms with Gasteiger partial charge in [0.25, 0.3) is 0 Å². The van der Waals surface area contributed by atoms with Crippen molar-refractivity contribution in [1.82, 2.24) is 4.98 Å². The molecule has 112 valence electrons. The number of aromatic nitrogens is 1. The van der Waals surface area contributed by atoms with Gasteiger partial charge >= 0.3 is 0 Å². The summed E-state index contributed by atoms with van der Waals surface area (Å²) in [5, 5.41) is 0.551. The van der Waals surface area contributed by atoms with E-state index in [2.05, 4.69) is 4.98 Å². The number of nitrogens with two attached hydrogens (primary N) is 1. The standard InChI is InChI=1S/C16H19ClN2O2/c1-10-8-19-14(11(2)16(10)20-3)9-21-15-5-4-12(7-18)6-13(15)17/h4-6,8H,7,9,18H2,1-3H3. The lowest BCUT2D eigenvalue weighted by molar-refractivity contribution is 0.299. The van der Waals surface area contributed by atoms with Crippen LogP contribution < -0.4 is 15.2 Å². The lowest BCUT2D eigenvalue weighted by atomic mass is 10.1. The van der Waals surface area contributed by atoms with Crippen LogP contribution in [0.5, 0.6) is 11.5 Å². The molecule has 21 heavy (non-hydrogen) atoms. The molecule has 0 spiro atoms. The molecule has 1 heterocycles. The second kappa shape index (κ2) is 6.78. The minimum Gasteiger partial charge on any atom is -0.496 e. The van der Waals surface area contributed by atoms with E-state index in [1.165, 1.54) is 0 Å². The van der Waals surface area contributed by atoms with E-state index in [4.69, 9.17) is 26.8 Å². The summed E-state index contributed by atoms with van der Waals surface area (Å²) in [6.07, 6.45) is 1.78. The zero-order chi connectivity index (χ0) is 15.4. The monoisotopic (exact) mass is 306 g/mol. The van der Waals surface area contributed by atoms with E-state index in [-0.39, 0.29) is 0 Å². The Labute approximate surface area is 129 Å². The number of aryl methyl sites for hydroxylation is 1. The first-order valence-electron chi connectivity index (χ1n) is 6.67.